The number of ketones is 1. The van der Waals surface area contributed by atoms with Crippen LogP contribution in [0.1, 0.15) is 45.4 Å². The zero-order valence-electron chi connectivity index (χ0n) is 8.46. The Morgan fingerprint density at radius 3 is 2.46 bits per heavy atom. The highest BCUT2D eigenvalue weighted by Gasteiger charge is 2.09. The Labute approximate surface area is 86.7 Å². The van der Waals surface area contributed by atoms with E-state index in [1.54, 1.807) is 0 Å². The number of nitrogens with two attached hydrogens (primary N) is 1. The first-order chi connectivity index (χ1) is 6.22. The molecule has 0 amide bonds. The maximum atomic E-state index is 11.2. The zero-order chi connectivity index (χ0) is 10.1. The fourth-order valence-corrected chi connectivity index (χ4v) is 1.39. The lowest BCUT2D eigenvalue weighted by Crippen LogP contribution is -2.31. The molecule has 0 rings (SSSR count). The first-order valence-electron chi connectivity index (χ1n) is 5.11. The van der Waals surface area contributed by atoms with Crippen molar-refractivity contribution in [1.82, 2.24) is 0 Å². The van der Waals surface area contributed by atoms with Crippen molar-refractivity contribution < 1.29 is 4.79 Å². The van der Waals surface area contributed by atoms with Crippen molar-refractivity contribution >= 4 is 18.4 Å². The molecule has 78 valence electrons. The molecule has 0 saturated heterocycles. The van der Waals surface area contributed by atoms with Gasteiger partial charge in [0.2, 0.25) is 0 Å². The van der Waals surface area contributed by atoms with Crippen LogP contribution < -0.4 is 5.73 Å². The quantitative estimate of drug-likeness (QED) is 0.469. The van der Waals surface area contributed by atoms with E-state index in [2.05, 4.69) is 19.6 Å². The van der Waals surface area contributed by atoms with E-state index in [0.717, 1.165) is 12.8 Å². The molecule has 0 aliphatic rings. The van der Waals surface area contributed by atoms with E-state index in [9.17, 15) is 4.79 Å². The Kier molecular flexibility index (Phi) is 8.56. The molecule has 0 aromatic heterocycles. The first-order valence-corrected chi connectivity index (χ1v) is 5.74. The van der Waals surface area contributed by atoms with Crippen molar-refractivity contribution in [2.75, 3.05) is 5.75 Å². The molecule has 0 spiro atoms. The average Bonchev–Trinajstić information content (AvgIpc) is 2.16. The molecule has 0 aliphatic heterocycles. The molecule has 0 saturated carbocycles. The summed E-state index contributed by atoms with van der Waals surface area (Å²) in [5.74, 6) is 0.625. The molecule has 0 unspecified atom stereocenters. The number of carbonyl (C=O) groups is 1. The van der Waals surface area contributed by atoms with Crippen molar-refractivity contribution in [3.05, 3.63) is 0 Å². The fourth-order valence-electron chi connectivity index (χ4n) is 1.19. The highest BCUT2D eigenvalue weighted by atomic mass is 32.1. The van der Waals surface area contributed by atoms with Gasteiger partial charge in [-0.2, -0.15) is 12.6 Å². The molecule has 0 aliphatic carbocycles. The third-order valence-electron chi connectivity index (χ3n) is 2.14. The summed E-state index contributed by atoms with van der Waals surface area (Å²) < 4.78 is 0. The van der Waals surface area contributed by atoms with E-state index in [0.29, 0.717) is 12.2 Å². The highest BCUT2D eigenvalue weighted by Crippen LogP contribution is 2.06. The maximum Gasteiger partial charge on any atom is 0.150 e. The van der Waals surface area contributed by atoms with E-state index in [4.69, 9.17) is 5.73 Å². The van der Waals surface area contributed by atoms with Crippen LogP contribution in [0.5, 0.6) is 0 Å². The van der Waals surface area contributed by atoms with Gasteiger partial charge >= 0.3 is 0 Å². The van der Waals surface area contributed by atoms with Crippen LogP contribution in [0.2, 0.25) is 0 Å². The van der Waals surface area contributed by atoms with Crippen LogP contribution in [0.15, 0.2) is 0 Å². The summed E-state index contributed by atoms with van der Waals surface area (Å²) in [6.07, 6.45) is 6.52. The maximum absolute atomic E-state index is 11.2. The predicted octanol–water partition coefficient (Wildman–Crippen LogP) is 2.17. The smallest absolute Gasteiger partial charge is 0.150 e. The number of Topliss-reactive ketones (excluding diaryl/α,β-unsaturated/α-hetero) is 1. The number of unbranched alkanes of at least 4 members (excludes halogenated alkanes) is 4. The molecule has 0 heterocycles. The lowest BCUT2D eigenvalue weighted by Gasteiger charge is -2.06. The van der Waals surface area contributed by atoms with Crippen molar-refractivity contribution in [2.45, 2.75) is 51.5 Å². The molecular formula is C10H21NOS. The van der Waals surface area contributed by atoms with Crippen LogP contribution in [0.3, 0.4) is 0 Å². The summed E-state index contributed by atoms with van der Waals surface area (Å²) in [6, 6.07) is -0.352. The van der Waals surface area contributed by atoms with Gasteiger partial charge in [0.15, 0.2) is 0 Å². The SMILES string of the molecule is CCCCCCCC(=O)[C@@H](N)CS. The van der Waals surface area contributed by atoms with E-state index in [-0.39, 0.29) is 11.8 Å². The van der Waals surface area contributed by atoms with Crippen LogP contribution in [0.4, 0.5) is 0 Å². The Morgan fingerprint density at radius 2 is 1.92 bits per heavy atom. The van der Waals surface area contributed by atoms with Crippen molar-refractivity contribution in [3.8, 4) is 0 Å². The van der Waals surface area contributed by atoms with Crippen LogP contribution in [0.25, 0.3) is 0 Å². The molecule has 0 aromatic carbocycles. The molecule has 0 bridgehead atoms. The zero-order valence-corrected chi connectivity index (χ0v) is 9.35. The lowest BCUT2D eigenvalue weighted by atomic mass is 10.1. The van der Waals surface area contributed by atoms with Gasteiger partial charge in [0.25, 0.3) is 0 Å². The van der Waals surface area contributed by atoms with Crippen LogP contribution in [-0.2, 0) is 4.79 Å². The van der Waals surface area contributed by atoms with Gasteiger partial charge in [-0.25, -0.2) is 0 Å². The molecule has 1 atom stereocenters. The average molecular weight is 203 g/mol. The third kappa shape index (κ3) is 7.08. The molecular weight excluding hydrogens is 182 g/mol. The molecule has 0 fully saturated rings. The summed E-state index contributed by atoms with van der Waals surface area (Å²) in [5, 5.41) is 0. The van der Waals surface area contributed by atoms with Crippen LogP contribution in [0, 0.1) is 0 Å². The van der Waals surface area contributed by atoms with E-state index in [1.807, 2.05) is 0 Å². The summed E-state index contributed by atoms with van der Waals surface area (Å²) in [5.41, 5.74) is 5.53. The van der Waals surface area contributed by atoms with Crippen molar-refractivity contribution in [2.24, 2.45) is 5.73 Å². The van der Waals surface area contributed by atoms with Gasteiger partial charge in [0.05, 0.1) is 6.04 Å². The minimum absolute atomic E-state index is 0.159. The van der Waals surface area contributed by atoms with Gasteiger partial charge in [0.1, 0.15) is 5.78 Å². The Bertz CT molecular complexity index is 139. The monoisotopic (exact) mass is 203 g/mol. The molecule has 2 N–H and O–H groups in total. The highest BCUT2D eigenvalue weighted by molar-refractivity contribution is 7.80. The van der Waals surface area contributed by atoms with E-state index < -0.39 is 0 Å². The topological polar surface area (TPSA) is 43.1 Å². The van der Waals surface area contributed by atoms with Gasteiger partial charge in [-0.1, -0.05) is 32.6 Å². The van der Waals surface area contributed by atoms with Gasteiger partial charge < -0.3 is 5.73 Å². The largest absolute Gasteiger partial charge is 0.321 e. The lowest BCUT2D eigenvalue weighted by molar-refractivity contribution is -0.119. The molecule has 13 heavy (non-hydrogen) atoms. The third-order valence-corrected chi connectivity index (χ3v) is 2.53. The van der Waals surface area contributed by atoms with Crippen LogP contribution in [-0.4, -0.2) is 17.6 Å². The standard InChI is InChI=1S/C10H21NOS/c1-2-3-4-5-6-7-10(12)9(11)8-13/h9,13H,2-8,11H2,1H3/t9-/m0/s1. The minimum Gasteiger partial charge on any atom is -0.321 e. The number of thiol groups is 1. The molecule has 3 heteroatoms. The number of hydrogen-bond donors (Lipinski definition) is 2. The second kappa shape index (κ2) is 8.57. The Morgan fingerprint density at radius 1 is 1.31 bits per heavy atom. The molecule has 0 radical (unpaired) electrons. The summed E-state index contributed by atoms with van der Waals surface area (Å²) in [6.45, 7) is 2.18. The van der Waals surface area contributed by atoms with Gasteiger partial charge in [-0.15, -0.1) is 0 Å². The van der Waals surface area contributed by atoms with E-state index in [1.165, 1.54) is 19.3 Å². The normalized spacial score (nSPS) is 12.8. The summed E-state index contributed by atoms with van der Waals surface area (Å²) >= 11 is 3.99. The Balaban J connectivity index is 3.27. The number of hydrogen-bond acceptors (Lipinski definition) is 3. The van der Waals surface area contributed by atoms with Gasteiger partial charge in [-0.3, -0.25) is 4.79 Å². The fraction of sp³-hybridized carbons (Fsp3) is 0.900. The number of carbonyl (C=O) groups excluding carboxylic acids is 1. The van der Waals surface area contributed by atoms with Crippen molar-refractivity contribution in [3.63, 3.8) is 0 Å². The predicted molar refractivity (Wildman–Crippen MR) is 60.2 cm³/mol. The number of rotatable bonds is 8. The van der Waals surface area contributed by atoms with Gasteiger partial charge in [-0.05, 0) is 6.42 Å². The second-order valence-corrected chi connectivity index (χ2v) is 3.78. The Hall–Kier alpha value is -0.0200. The summed E-state index contributed by atoms with van der Waals surface area (Å²) in [7, 11) is 0. The van der Waals surface area contributed by atoms with E-state index >= 15 is 0 Å². The first kappa shape index (κ1) is 13.0. The molecule has 2 nitrogen and oxygen atoms in total. The summed E-state index contributed by atoms with van der Waals surface area (Å²) in [4.78, 5) is 11.2. The van der Waals surface area contributed by atoms with Crippen molar-refractivity contribution in [1.29, 1.82) is 0 Å². The van der Waals surface area contributed by atoms with Gasteiger partial charge in [0, 0.05) is 12.2 Å². The minimum atomic E-state index is -0.352. The second-order valence-electron chi connectivity index (χ2n) is 3.42. The molecule has 0 aromatic rings. The van der Waals surface area contributed by atoms with Crippen LogP contribution >= 0.6 is 12.6 Å².